The number of benzene rings is 1. The molecule has 1 aromatic carbocycles. The van der Waals surface area contributed by atoms with Crippen molar-refractivity contribution in [3.8, 4) is 0 Å². The summed E-state index contributed by atoms with van der Waals surface area (Å²) < 4.78 is 27.3. The summed E-state index contributed by atoms with van der Waals surface area (Å²) in [5.74, 6) is -1.30. The van der Waals surface area contributed by atoms with Gasteiger partial charge in [0.25, 0.3) is 0 Å². The van der Waals surface area contributed by atoms with Crippen LogP contribution in [0.1, 0.15) is 25.3 Å². The largest absolute Gasteiger partial charge is 0.320 e. The molecule has 7 heteroatoms. The number of halogens is 2. The molecule has 0 radical (unpaired) electrons. The number of rotatable bonds is 7. The number of piperidine rings is 1. The first-order valence-corrected chi connectivity index (χ1v) is 10.1. The van der Waals surface area contributed by atoms with Crippen LogP contribution in [0.2, 0.25) is 0 Å². The van der Waals surface area contributed by atoms with Crippen molar-refractivity contribution in [2.75, 3.05) is 40.3 Å². The van der Waals surface area contributed by atoms with E-state index in [0.717, 1.165) is 45.1 Å². The number of hydrogen-bond acceptors (Lipinski definition) is 4. The van der Waals surface area contributed by atoms with E-state index in [9.17, 15) is 13.6 Å². The van der Waals surface area contributed by atoms with Crippen LogP contribution < -0.4 is 5.32 Å². The number of carbonyl (C=O) groups excluding carboxylic acids is 1. The third-order valence-corrected chi connectivity index (χ3v) is 5.93. The lowest BCUT2D eigenvalue weighted by Crippen LogP contribution is -2.44. The molecule has 1 fully saturated rings. The summed E-state index contributed by atoms with van der Waals surface area (Å²) in [6.45, 7) is 7.09. The Morgan fingerprint density at radius 3 is 2.81 bits per heavy atom. The maximum atomic E-state index is 13.8. The van der Waals surface area contributed by atoms with Crippen LogP contribution in [0.25, 0.3) is 0 Å². The van der Waals surface area contributed by atoms with Gasteiger partial charge in [-0.1, -0.05) is 17.8 Å². The van der Waals surface area contributed by atoms with Crippen LogP contribution in [0.4, 0.5) is 8.78 Å². The van der Waals surface area contributed by atoms with Crippen LogP contribution in [0.3, 0.4) is 0 Å². The Balaban J connectivity index is 1.97. The molecule has 0 saturated carbocycles. The van der Waals surface area contributed by atoms with Gasteiger partial charge in [0.2, 0.25) is 5.91 Å². The Morgan fingerprint density at radius 2 is 2.15 bits per heavy atom. The first-order chi connectivity index (χ1) is 12.8. The Hall–Kier alpha value is -1.44. The molecule has 0 aliphatic carbocycles. The molecule has 0 bridgehead atoms. The normalized spacial score (nSPS) is 18.8. The highest BCUT2D eigenvalue weighted by Gasteiger charge is 2.26. The van der Waals surface area contributed by atoms with Gasteiger partial charge < -0.3 is 15.1 Å². The van der Waals surface area contributed by atoms with Crippen LogP contribution in [0.15, 0.2) is 28.1 Å². The predicted octanol–water partition coefficient (Wildman–Crippen LogP) is 3.62. The van der Waals surface area contributed by atoms with Crippen molar-refractivity contribution in [2.45, 2.75) is 31.6 Å². The zero-order valence-corrected chi connectivity index (χ0v) is 17.3. The molecule has 2 rings (SSSR count). The van der Waals surface area contributed by atoms with Crippen molar-refractivity contribution in [1.82, 2.24) is 15.1 Å². The lowest BCUT2D eigenvalue weighted by molar-refractivity contribution is -0.125. The average Bonchev–Trinajstić information content (AvgIpc) is 2.63. The van der Waals surface area contributed by atoms with Gasteiger partial charge >= 0.3 is 0 Å². The molecule has 1 saturated heterocycles. The summed E-state index contributed by atoms with van der Waals surface area (Å²) in [6.07, 6.45) is 3.62. The van der Waals surface area contributed by atoms with E-state index in [1.54, 1.807) is 19.9 Å². The number of nitrogens with one attached hydrogen (secondary N) is 1. The molecule has 150 valence electrons. The molecule has 1 heterocycles. The highest BCUT2D eigenvalue weighted by atomic mass is 32.2. The van der Waals surface area contributed by atoms with Crippen LogP contribution in [-0.2, 0) is 4.79 Å². The zero-order chi connectivity index (χ0) is 20.0. The van der Waals surface area contributed by atoms with Gasteiger partial charge in [0, 0.05) is 30.6 Å². The predicted molar refractivity (Wildman–Crippen MR) is 107 cm³/mol. The van der Waals surface area contributed by atoms with Crippen molar-refractivity contribution in [1.29, 1.82) is 0 Å². The topological polar surface area (TPSA) is 35.6 Å². The molecular weight excluding hydrogens is 368 g/mol. The third kappa shape index (κ3) is 6.59. The lowest BCUT2D eigenvalue weighted by Gasteiger charge is -2.32. The fourth-order valence-electron chi connectivity index (χ4n) is 3.04. The zero-order valence-electron chi connectivity index (χ0n) is 16.5. The van der Waals surface area contributed by atoms with Gasteiger partial charge in [0.15, 0.2) is 0 Å². The summed E-state index contributed by atoms with van der Waals surface area (Å²) in [6, 6.07) is 2.17. The number of carbonyl (C=O) groups is 1. The van der Waals surface area contributed by atoms with E-state index in [-0.39, 0.29) is 11.8 Å². The molecule has 1 amide bonds. The molecule has 1 aromatic rings. The molecule has 4 nitrogen and oxygen atoms in total. The van der Waals surface area contributed by atoms with Crippen molar-refractivity contribution in [3.05, 3.63) is 40.4 Å². The highest BCUT2D eigenvalue weighted by molar-refractivity contribution is 8.03. The Labute approximate surface area is 165 Å². The van der Waals surface area contributed by atoms with E-state index in [4.69, 9.17) is 0 Å². The maximum absolute atomic E-state index is 13.8. The molecule has 0 spiro atoms. The van der Waals surface area contributed by atoms with Gasteiger partial charge in [-0.15, -0.1) is 0 Å². The van der Waals surface area contributed by atoms with Gasteiger partial charge in [-0.3, -0.25) is 4.79 Å². The van der Waals surface area contributed by atoms with Crippen molar-refractivity contribution < 1.29 is 13.6 Å². The number of likely N-dealkylation sites (N-methyl/N-ethyl adjacent to an activating group) is 1. The third-order valence-electron chi connectivity index (χ3n) is 4.73. The van der Waals surface area contributed by atoms with Crippen LogP contribution in [0.5, 0.6) is 0 Å². The van der Waals surface area contributed by atoms with Crippen LogP contribution in [-0.4, -0.2) is 56.0 Å². The summed E-state index contributed by atoms with van der Waals surface area (Å²) in [7, 11) is 4.09. The number of likely N-dealkylation sites (tertiary alicyclic amines) is 1. The number of nitrogens with zero attached hydrogens (tertiary/aromatic N) is 2. The van der Waals surface area contributed by atoms with E-state index >= 15 is 0 Å². The number of thioether (sulfide) groups is 1. The van der Waals surface area contributed by atoms with E-state index in [0.29, 0.717) is 15.5 Å². The lowest BCUT2D eigenvalue weighted by atomic mass is 9.97. The maximum Gasteiger partial charge on any atom is 0.229 e. The van der Waals surface area contributed by atoms with Gasteiger partial charge in [0.05, 0.1) is 10.9 Å². The Kier molecular flexibility index (Phi) is 8.26. The van der Waals surface area contributed by atoms with Gasteiger partial charge in [0.1, 0.15) is 11.6 Å². The SMILES string of the molecule is CC=C(NC(=O)C1CCCN(CCN(C)C)C1)Sc1cc(F)cc(F)c1C. The first kappa shape index (κ1) is 21.9. The van der Waals surface area contributed by atoms with Crippen LogP contribution in [0, 0.1) is 24.5 Å². The molecule has 1 atom stereocenters. The first-order valence-electron chi connectivity index (χ1n) is 9.28. The second-order valence-corrected chi connectivity index (χ2v) is 8.28. The molecule has 1 aliphatic rings. The minimum absolute atomic E-state index is 0.0281. The van der Waals surface area contributed by atoms with Crippen molar-refractivity contribution in [3.63, 3.8) is 0 Å². The summed E-state index contributed by atoms with van der Waals surface area (Å²) >= 11 is 1.18. The minimum Gasteiger partial charge on any atom is -0.320 e. The summed E-state index contributed by atoms with van der Waals surface area (Å²) in [5.41, 5.74) is 0.377. The molecule has 1 unspecified atom stereocenters. The van der Waals surface area contributed by atoms with E-state index < -0.39 is 11.6 Å². The van der Waals surface area contributed by atoms with E-state index in [1.165, 1.54) is 17.8 Å². The molecule has 27 heavy (non-hydrogen) atoms. The summed E-state index contributed by atoms with van der Waals surface area (Å²) in [5, 5.41) is 3.54. The monoisotopic (exact) mass is 397 g/mol. The van der Waals surface area contributed by atoms with Crippen molar-refractivity contribution in [2.24, 2.45) is 5.92 Å². The highest BCUT2D eigenvalue weighted by Crippen LogP contribution is 2.30. The second kappa shape index (κ2) is 10.2. The Morgan fingerprint density at radius 1 is 1.41 bits per heavy atom. The van der Waals surface area contributed by atoms with Crippen molar-refractivity contribution >= 4 is 17.7 Å². The second-order valence-electron chi connectivity index (χ2n) is 7.20. The fourth-order valence-corrected chi connectivity index (χ4v) is 3.97. The molecule has 1 N–H and O–H groups in total. The molecule has 1 aliphatic heterocycles. The number of hydrogen-bond donors (Lipinski definition) is 1. The number of amides is 1. The smallest absolute Gasteiger partial charge is 0.229 e. The number of allylic oxidation sites excluding steroid dienone is 1. The fraction of sp³-hybridized carbons (Fsp3) is 0.550. The van der Waals surface area contributed by atoms with Gasteiger partial charge in [-0.25, -0.2) is 8.78 Å². The van der Waals surface area contributed by atoms with Crippen LogP contribution >= 0.6 is 11.8 Å². The standard InChI is InChI=1S/C20H29F2N3OS/c1-5-19(27-18-12-16(21)11-17(22)14(18)2)23-20(26)15-7-6-8-25(13-15)10-9-24(3)4/h5,11-12,15H,6-10,13H2,1-4H3,(H,23,26). The minimum atomic E-state index is -0.619. The van der Waals surface area contributed by atoms with Gasteiger partial charge in [-0.05, 0) is 59.0 Å². The van der Waals surface area contributed by atoms with Gasteiger partial charge in [-0.2, -0.15) is 0 Å². The summed E-state index contributed by atoms with van der Waals surface area (Å²) in [4.78, 5) is 17.6. The molecule has 0 aromatic heterocycles. The Bertz CT molecular complexity index is 694. The molecular formula is C20H29F2N3OS. The van der Waals surface area contributed by atoms with E-state index in [2.05, 4.69) is 15.1 Å². The quantitative estimate of drug-likeness (QED) is 0.713. The van der Waals surface area contributed by atoms with E-state index in [1.807, 2.05) is 14.1 Å². The average molecular weight is 398 g/mol.